The number of aryl methyl sites for hydroxylation is 1. The summed E-state index contributed by atoms with van der Waals surface area (Å²) in [7, 11) is 1.55. The van der Waals surface area contributed by atoms with Crippen LogP contribution in [0.3, 0.4) is 0 Å². The summed E-state index contributed by atoms with van der Waals surface area (Å²) in [6, 6.07) is 5.85. The molecule has 0 aromatic heterocycles. The lowest BCUT2D eigenvalue weighted by molar-refractivity contribution is -0.123. The molecule has 5 nitrogen and oxygen atoms in total. The number of ether oxygens (including phenoxy) is 1. The molecule has 0 aliphatic heterocycles. The zero-order valence-electron chi connectivity index (χ0n) is 12.1. The SMILES string of the molecule is COc1ccc(C)cc1N(CC(=O)NC1CC1)C(C)=O. The molecule has 0 bridgehead atoms. The number of hydrogen-bond acceptors (Lipinski definition) is 3. The Morgan fingerprint density at radius 3 is 2.65 bits per heavy atom. The third-order valence-corrected chi connectivity index (χ3v) is 3.25. The van der Waals surface area contributed by atoms with Gasteiger partial charge in [-0.15, -0.1) is 0 Å². The average Bonchev–Trinajstić information content (AvgIpc) is 3.19. The molecule has 1 saturated carbocycles. The van der Waals surface area contributed by atoms with Gasteiger partial charge in [0, 0.05) is 13.0 Å². The summed E-state index contributed by atoms with van der Waals surface area (Å²) in [5.74, 6) is 0.274. The average molecular weight is 276 g/mol. The number of anilines is 1. The van der Waals surface area contributed by atoms with E-state index in [0.29, 0.717) is 11.4 Å². The molecular weight excluding hydrogens is 256 g/mol. The van der Waals surface area contributed by atoms with Crippen LogP contribution >= 0.6 is 0 Å². The van der Waals surface area contributed by atoms with Gasteiger partial charge in [-0.05, 0) is 37.5 Å². The molecule has 2 amide bonds. The molecule has 1 fully saturated rings. The van der Waals surface area contributed by atoms with Gasteiger partial charge in [-0.2, -0.15) is 0 Å². The standard InChI is InChI=1S/C15H20N2O3/c1-10-4-7-14(20-3)13(8-10)17(11(2)18)9-15(19)16-12-5-6-12/h4,7-8,12H,5-6,9H2,1-3H3,(H,16,19). The van der Waals surface area contributed by atoms with Gasteiger partial charge >= 0.3 is 0 Å². The third-order valence-electron chi connectivity index (χ3n) is 3.25. The topological polar surface area (TPSA) is 58.6 Å². The van der Waals surface area contributed by atoms with Crippen molar-refractivity contribution in [1.29, 1.82) is 0 Å². The van der Waals surface area contributed by atoms with E-state index in [0.717, 1.165) is 18.4 Å². The third kappa shape index (κ3) is 3.50. The van der Waals surface area contributed by atoms with Crippen LogP contribution in [0.2, 0.25) is 0 Å². The molecule has 1 aromatic rings. The molecule has 1 aliphatic carbocycles. The minimum absolute atomic E-state index is 0.0195. The van der Waals surface area contributed by atoms with E-state index in [2.05, 4.69) is 5.32 Å². The Kier molecular flexibility index (Phi) is 4.27. The highest BCUT2D eigenvalue weighted by Gasteiger charge is 2.26. The predicted molar refractivity (Wildman–Crippen MR) is 76.9 cm³/mol. The normalized spacial score (nSPS) is 13.8. The van der Waals surface area contributed by atoms with Gasteiger partial charge in [0.05, 0.1) is 12.8 Å². The van der Waals surface area contributed by atoms with Crippen molar-refractivity contribution in [3.05, 3.63) is 23.8 Å². The Bertz CT molecular complexity index is 524. The fourth-order valence-corrected chi connectivity index (χ4v) is 2.02. The smallest absolute Gasteiger partial charge is 0.240 e. The number of nitrogens with one attached hydrogen (secondary N) is 1. The van der Waals surface area contributed by atoms with Crippen molar-refractivity contribution in [2.45, 2.75) is 32.7 Å². The van der Waals surface area contributed by atoms with E-state index in [1.54, 1.807) is 13.2 Å². The molecule has 0 unspecified atom stereocenters. The minimum atomic E-state index is -0.181. The summed E-state index contributed by atoms with van der Waals surface area (Å²) in [6.07, 6.45) is 2.05. The van der Waals surface area contributed by atoms with Crippen LogP contribution < -0.4 is 15.0 Å². The second kappa shape index (κ2) is 5.94. The second-order valence-electron chi connectivity index (χ2n) is 5.12. The van der Waals surface area contributed by atoms with Gasteiger partial charge in [-0.25, -0.2) is 0 Å². The molecule has 1 aliphatic rings. The van der Waals surface area contributed by atoms with Gasteiger partial charge in [0.25, 0.3) is 0 Å². The lowest BCUT2D eigenvalue weighted by atomic mass is 10.2. The van der Waals surface area contributed by atoms with Crippen LogP contribution in [0, 0.1) is 6.92 Å². The monoisotopic (exact) mass is 276 g/mol. The first-order valence-electron chi connectivity index (χ1n) is 6.73. The molecule has 5 heteroatoms. The van der Waals surface area contributed by atoms with Crippen molar-refractivity contribution in [3.63, 3.8) is 0 Å². The molecule has 1 aromatic carbocycles. The van der Waals surface area contributed by atoms with E-state index in [4.69, 9.17) is 4.74 Å². The maximum absolute atomic E-state index is 11.9. The quantitative estimate of drug-likeness (QED) is 0.889. The molecule has 1 N–H and O–H groups in total. The molecular formula is C15H20N2O3. The Hall–Kier alpha value is -2.04. The van der Waals surface area contributed by atoms with E-state index in [9.17, 15) is 9.59 Å². The maximum atomic E-state index is 11.9. The van der Waals surface area contributed by atoms with Crippen molar-refractivity contribution in [2.24, 2.45) is 0 Å². The molecule has 0 radical (unpaired) electrons. The minimum Gasteiger partial charge on any atom is -0.495 e. The van der Waals surface area contributed by atoms with Gasteiger partial charge in [0.1, 0.15) is 12.3 Å². The Labute approximate surface area is 118 Å². The van der Waals surface area contributed by atoms with Crippen molar-refractivity contribution in [1.82, 2.24) is 5.32 Å². The summed E-state index contributed by atoms with van der Waals surface area (Å²) in [4.78, 5) is 25.2. The zero-order chi connectivity index (χ0) is 14.7. The van der Waals surface area contributed by atoms with Gasteiger partial charge in [-0.1, -0.05) is 6.07 Å². The molecule has 20 heavy (non-hydrogen) atoms. The van der Waals surface area contributed by atoms with E-state index in [1.165, 1.54) is 11.8 Å². The van der Waals surface area contributed by atoms with Crippen LogP contribution in [0.4, 0.5) is 5.69 Å². The number of hydrogen-bond donors (Lipinski definition) is 1. The highest BCUT2D eigenvalue weighted by Crippen LogP contribution is 2.29. The van der Waals surface area contributed by atoms with E-state index >= 15 is 0 Å². The van der Waals surface area contributed by atoms with Crippen molar-refractivity contribution in [3.8, 4) is 5.75 Å². The van der Waals surface area contributed by atoms with Crippen LogP contribution in [-0.2, 0) is 9.59 Å². The van der Waals surface area contributed by atoms with Gasteiger partial charge in [0.15, 0.2) is 0 Å². The summed E-state index contributed by atoms with van der Waals surface area (Å²) in [5.41, 5.74) is 1.64. The second-order valence-corrected chi connectivity index (χ2v) is 5.12. The first kappa shape index (κ1) is 14.4. The van der Waals surface area contributed by atoms with E-state index in [1.807, 2.05) is 19.1 Å². The highest BCUT2D eigenvalue weighted by molar-refractivity contribution is 5.98. The molecule has 0 spiro atoms. The fraction of sp³-hybridized carbons (Fsp3) is 0.467. The predicted octanol–water partition coefficient (Wildman–Crippen LogP) is 1.64. The number of amides is 2. The Balaban J connectivity index is 2.20. The summed E-state index contributed by atoms with van der Waals surface area (Å²) in [6.45, 7) is 3.41. The van der Waals surface area contributed by atoms with Gasteiger partial charge < -0.3 is 10.1 Å². The summed E-state index contributed by atoms with van der Waals surface area (Å²) in [5, 5.41) is 2.89. The first-order chi connectivity index (χ1) is 9.51. The van der Waals surface area contributed by atoms with Crippen LogP contribution in [-0.4, -0.2) is 31.5 Å². The molecule has 0 atom stereocenters. The number of carbonyl (C=O) groups excluding carboxylic acids is 2. The number of rotatable bonds is 5. The van der Waals surface area contributed by atoms with Crippen LogP contribution in [0.15, 0.2) is 18.2 Å². The summed E-state index contributed by atoms with van der Waals surface area (Å²) < 4.78 is 5.28. The zero-order valence-corrected chi connectivity index (χ0v) is 12.1. The molecule has 0 saturated heterocycles. The van der Waals surface area contributed by atoms with Crippen LogP contribution in [0.5, 0.6) is 5.75 Å². The van der Waals surface area contributed by atoms with Crippen molar-refractivity contribution in [2.75, 3.05) is 18.6 Å². The van der Waals surface area contributed by atoms with Gasteiger partial charge in [0.2, 0.25) is 11.8 Å². The van der Waals surface area contributed by atoms with Crippen molar-refractivity contribution < 1.29 is 14.3 Å². The van der Waals surface area contributed by atoms with E-state index < -0.39 is 0 Å². The Morgan fingerprint density at radius 1 is 1.40 bits per heavy atom. The lowest BCUT2D eigenvalue weighted by Crippen LogP contribution is -2.40. The van der Waals surface area contributed by atoms with Crippen molar-refractivity contribution >= 4 is 17.5 Å². The molecule has 2 rings (SSSR count). The van der Waals surface area contributed by atoms with Crippen LogP contribution in [0.1, 0.15) is 25.3 Å². The largest absolute Gasteiger partial charge is 0.495 e. The molecule has 0 heterocycles. The number of carbonyl (C=O) groups is 2. The Morgan fingerprint density at radius 2 is 2.10 bits per heavy atom. The number of methoxy groups -OCH3 is 1. The maximum Gasteiger partial charge on any atom is 0.240 e. The fourth-order valence-electron chi connectivity index (χ4n) is 2.02. The van der Waals surface area contributed by atoms with E-state index in [-0.39, 0.29) is 24.4 Å². The van der Waals surface area contributed by atoms with Crippen LogP contribution in [0.25, 0.3) is 0 Å². The number of nitrogens with zero attached hydrogens (tertiary/aromatic N) is 1. The highest BCUT2D eigenvalue weighted by atomic mass is 16.5. The lowest BCUT2D eigenvalue weighted by Gasteiger charge is -2.23. The summed E-state index contributed by atoms with van der Waals surface area (Å²) >= 11 is 0. The van der Waals surface area contributed by atoms with Gasteiger partial charge in [-0.3, -0.25) is 14.5 Å². The molecule has 108 valence electrons. The number of benzene rings is 1. The first-order valence-corrected chi connectivity index (χ1v) is 6.73.